The van der Waals surface area contributed by atoms with Gasteiger partial charge in [-0.25, -0.2) is 4.39 Å². The Kier molecular flexibility index (Phi) is 2.91. The minimum atomic E-state index is -0.189. The van der Waals surface area contributed by atoms with Gasteiger partial charge in [-0.15, -0.1) is 0 Å². The molecule has 15 heavy (non-hydrogen) atoms. The summed E-state index contributed by atoms with van der Waals surface area (Å²) in [6.07, 6.45) is 1.04. The molecule has 0 bridgehead atoms. The third-order valence-electron chi connectivity index (χ3n) is 2.98. The van der Waals surface area contributed by atoms with Crippen LogP contribution in [0.5, 0.6) is 5.75 Å². The Morgan fingerprint density at radius 3 is 2.87 bits per heavy atom. The zero-order chi connectivity index (χ0) is 10.8. The molecule has 2 atom stereocenters. The fourth-order valence-corrected chi connectivity index (χ4v) is 2.20. The average Bonchev–Trinajstić information content (AvgIpc) is 2.65. The summed E-state index contributed by atoms with van der Waals surface area (Å²) in [4.78, 5) is 0. The highest BCUT2D eigenvalue weighted by atomic mass is 19.1. The van der Waals surface area contributed by atoms with E-state index in [9.17, 15) is 4.39 Å². The van der Waals surface area contributed by atoms with Crippen LogP contribution in [0.1, 0.15) is 24.8 Å². The highest BCUT2D eigenvalue weighted by molar-refractivity contribution is 5.37. The first kappa shape index (κ1) is 10.4. The number of halogens is 1. The van der Waals surface area contributed by atoms with Crippen LogP contribution in [0, 0.1) is 5.82 Å². The monoisotopic (exact) mass is 209 g/mol. The van der Waals surface area contributed by atoms with Gasteiger partial charge in [0.2, 0.25) is 0 Å². The van der Waals surface area contributed by atoms with E-state index in [4.69, 9.17) is 4.74 Å². The molecule has 1 fully saturated rings. The summed E-state index contributed by atoms with van der Waals surface area (Å²) >= 11 is 0. The van der Waals surface area contributed by atoms with E-state index in [0.29, 0.717) is 12.0 Å². The second kappa shape index (κ2) is 4.19. The van der Waals surface area contributed by atoms with Gasteiger partial charge in [-0.2, -0.15) is 0 Å². The van der Waals surface area contributed by atoms with E-state index >= 15 is 0 Å². The Bertz CT molecular complexity index is 353. The van der Waals surface area contributed by atoms with Gasteiger partial charge in [0.25, 0.3) is 0 Å². The summed E-state index contributed by atoms with van der Waals surface area (Å²) in [7, 11) is 1.63. The minimum Gasteiger partial charge on any atom is -0.496 e. The van der Waals surface area contributed by atoms with Crippen molar-refractivity contribution >= 4 is 0 Å². The molecule has 1 saturated heterocycles. The molecule has 2 nitrogen and oxygen atoms in total. The van der Waals surface area contributed by atoms with Gasteiger partial charge >= 0.3 is 0 Å². The smallest absolute Gasteiger partial charge is 0.123 e. The third kappa shape index (κ3) is 2.12. The van der Waals surface area contributed by atoms with Crippen molar-refractivity contribution in [3.05, 3.63) is 29.6 Å². The summed E-state index contributed by atoms with van der Waals surface area (Å²) in [5.41, 5.74) is 0.981. The molecule has 2 rings (SSSR count). The lowest BCUT2D eigenvalue weighted by molar-refractivity contribution is 0.404. The SMILES string of the molecule is COc1ccc(F)cc1C1CNC(C)C1. The van der Waals surface area contributed by atoms with Crippen molar-refractivity contribution < 1.29 is 9.13 Å². The van der Waals surface area contributed by atoms with Crippen molar-refractivity contribution in [3.8, 4) is 5.75 Å². The summed E-state index contributed by atoms with van der Waals surface area (Å²) in [5.74, 6) is 0.966. The maximum atomic E-state index is 13.2. The van der Waals surface area contributed by atoms with Gasteiger partial charge in [0.05, 0.1) is 7.11 Å². The van der Waals surface area contributed by atoms with E-state index in [1.807, 2.05) is 0 Å². The predicted molar refractivity (Wildman–Crippen MR) is 57.8 cm³/mol. The third-order valence-corrected chi connectivity index (χ3v) is 2.98. The molecule has 1 aliphatic heterocycles. The first-order valence-electron chi connectivity index (χ1n) is 5.27. The quantitative estimate of drug-likeness (QED) is 0.807. The van der Waals surface area contributed by atoms with Crippen LogP contribution >= 0.6 is 0 Å². The number of hydrogen-bond acceptors (Lipinski definition) is 2. The number of nitrogens with one attached hydrogen (secondary N) is 1. The van der Waals surface area contributed by atoms with Crippen LogP contribution in [-0.2, 0) is 0 Å². The molecule has 2 unspecified atom stereocenters. The van der Waals surface area contributed by atoms with E-state index in [0.717, 1.165) is 24.3 Å². The standard InChI is InChI=1S/C12H16FNO/c1-8-5-9(7-14-8)11-6-10(13)3-4-12(11)15-2/h3-4,6,8-9,14H,5,7H2,1-2H3. The molecule has 0 spiro atoms. The van der Waals surface area contributed by atoms with Crippen molar-refractivity contribution in [1.82, 2.24) is 5.32 Å². The first-order chi connectivity index (χ1) is 7.20. The van der Waals surface area contributed by atoms with Crippen molar-refractivity contribution in [3.63, 3.8) is 0 Å². The van der Waals surface area contributed by atoms with Gasteiger partial charge in [-0.3, -0.25) is 0 Å². The number of benzene rings is 1. The summed E-state index contributed by atoms with van der Waals surface area (Å²) in [5, 5.41) is 3.36. The van der Waals surface area contributed by atoms with E-state index in [1.54, 1.807) is 19.2 Å². The fraction of sp³-hybridized carbons (Fsp3) is 0.500. The molecule has 1 N–H and O–H groups in total. The highest BCUT2D eigenvalue weighted by Crippen LogP contribution is 2.32. The van der Waals surface area contributed by atoms with E-state index in [1.165, 1.54) is 6.07 Å². The topological polar surface area (TPSA) is 21.3 Å². The van der Waals surface area contributed by atoms with Gasteiger partial charge in [-0.05, 0) is 31.5 Å². The van der Waals surface area contributed by atoms with Crippen LogP contribution in [0.2, 0.25) is 0 Å². The van der Waals surface area contributed by atoms with Crippen LogP contribution in [0.25, 0.3) is 0 Å². The molecule has 0 aliphatic carbocycles. The van der Waals surface area contributed by atoms with Crippen LogP contribution in [0.3, 0.4) is 0 Å². The molecule has 1 aromatic carbocycles. The summed E-state index contributed by atoms with van der Waals surface area (Å²) in [6.45, 7) is 3.05. The molecule has 3 heteroatoms. The fourth-order valence-electron chi connectivity index (χ4n) is 2.20. The summed E-state index contributed by atoms with van der Waals surface area (Å²) in [6, 6.07) is 5.23. The lowest BCUT2D eigenvalue weighted by atomic mass is 9.95. The first-order valence-corrected chi connectivity index (χ1v) is 5.27. The zero-order valence-electron chi connectivity index (χ0n) is 9.09. The molecular weight excluding hydrogens is 193 g/mol. The molecule has 0 aromatic heterocycles. The Morgan fingerprint density at radius 2 is 2.27 bits per heavy atom. The van der Waals surface area contributed by atoms with Crippen molar-refractivity contribution in [2.24, 2.45) is 0 Å². The average molecular weight is 209 g/mol. The second-order valence-corrected chi connectivity index (χ2v) is 4.13. The van der Waals surface area contributed by atoms with Crippen LogP contribution in [-0.4, -0.2) is 19.7 Å². The maximum absolute atomic E-state index is 13.2. The molecule has 0 radical (unpaired) electrons. The predicted octanol–water partition coefficient (Wildman–Crippen LogP) is 2.30. The van der Waals surface area contributed by atoms with Gasteiger partial charge < -0.3 is 10.1 Å². The molecule has 0 amide bonds. The van der Waals surface area contributed by atoms with Crippen molar-refractivity contribution in [1.29, 1.82) is 0 Å². The lowest BCUT2D eigenvalue weighted by Crippen LogP contribution is -2.16. The number of rotatable bonds is 2. The number of ether oxygens (including phenoxy) is 1. The lowest BCUT2D eigenvalue weighted by Gasteiger charge is -2.13. The van der Waals surface area contributed by atoms with E-state index in [2.05, 4.69) is 12.2 Å². The number of hydrogen-bond donors (Lipinski definition) is 1. The molecule has 1 heterocycles. The molecule has 1 aromatic rings. The van der Waals surface area contributed by atoms with Gasteiger partial charge in [0, 0.05) is 24.1 Å². The van der Waals surface area contributed by atoms with E-state index in [-0.39, 0.29) is 5.82 Å². The number of methoxy groups -OCH3 is 1. The van der Waals surface area contributed by atoms with Crippen LogP contribution in [0.4, 0.5) is 4.39 Å². The largest absolute Gasteiger partial charge is 0.496 e. The second-order valence-electron chi connectivity index (χ2n) is 4.13. The van der Waals surface area contributed by atoms with Gasteiger partial charge in [0.15, 0.2) is 0 Å². The Morgan fingerprint density at radius 1 is 1.47 bits per heavy atom. The molecule has 82 valence electrons. The molecule has 0 saturated carbocycles. The molecule has 1 aliphatic rings. The van der Waals surface area contributed by atoms with Gasteiger partial charge in [0.1, 0.15) is 11.6 Å². The molecular formula is C12H16FNO. The Hall–Kier alpha value is -1.09. The van der Waals surface area contributed by atoms with E-state index < -0.39 is 0 Å². The Labute approximate surface area is 89.4 Å². The van der Waals surface area contributed by atoms with Crippen LogP contribution in [0.15, 0.2) is 18.2 Å². The normalized spacial score (nSPS) is 25.5. The summed E-state index contributed by atoms with van der Waals surface area (Å²) < 4.78 is 18.4. The minimum absolute atomic E-state index is 0.189. The Balaban J connectivity index is 2.29. The highest BCUT2D eigenvalue weighted by Gasteiger charge is 2.24. The van der Waals surface area contributed by atoms with Crippen molar-refractivity contribution in [2.75, 3.05) is 13.7 Å². The zero-order valence-corrected chi connectivity index (χ0v) is 9.09. The van der Waals surface area contributed by atoms with Gasteiger partial charge in [-0.1, -0.05) is 0 Å². The van der Waals surface area contributed by atoms with Crippen LogP contribution < -0.4 is 10.1 Å². The maximum Gasteiger partial charge on any atom is 0.123 e. The van der Waals surface area contributed by atoms with Crippen molar-refractivity contribution in [2.45, 2.75) is 25.3 Å².